The average Bonchev–Trinajstić information content (AvgIpc) is 2.78. The molecule has 0 heterocycles. The van der Waals surface area contributed by atoms with E-state index >= 15 is 0 Å². The first-order valence-corrected chi connectivity index (χ1v) is 9.82. The number of para-hydroxylation sites is 1. The lowest BCUT2D eigenvalue weighted by atomic mass is 9.97. The van der Waals surface area contributed by atoms with Gasteiger partial charge >= 0.3 is 12.1 Å². The third-order valence-corrected chi connectivity index (χ3v) is 4.88. The Balaban J connectivity index is 1.72. The highest BCUT2D eigenvalue weighted by Gasteiger charge is 2.24. The number of ether oxygens (including phenoxy) is 1. The quantitative estimate of drug-likeness (QED) is 0.132. The monoisotopic (exact) mass is 488 g/mol. The first-order valence-electron chi connectivity index (χ1n) is 9.82. The number of hydrogen-bond donors (Lipinski definition) is 0. The minimum atomic E-state index is -4.95. The molecule has 0 aliphatic heterocycles. The average molecular weight is 488 g/mol. The van der Waals surface area contributed by atoms with E-state index in [1.165, 1.54) is 18.1 Å². The molecule has 0 unspecified atom stereocenters. The van der Waals surface area contributed by atoms with Crippen molar-refractivity contribution in [3.63, 3.8) is 0 Å². The van der Waals surface area contributed by atoms with Crippen LogP contribution in [-0.4, -0.2) is 12.1 Å². The molecule has 0 aliphatic rings. The van der Waals surface area contributed by atoms with Crippen LogP contribution in [0.2, 0.25) is 0 Å². The molecule has 0 aliphatic carbocycles. The lowest BCUT2D eigenvalue weighted by Crippen LogP contribution is -2.10. The SMILES string of the molecule is O=C(Oc1ccccc1)c1cc(F)c(-c2ccc3c(F)c(C#CC(F)(F)F)c(F)cc3c2)c(F)c1. The number of carbonyl (C=O) groups excluding carboxylic acids is 1. The summed E-state index contributed by atoms with van der Waals surface area (Å²) in [5.74, 6) is -3.61. The van der Waals surface area contributed by atoms with E-state index in [9.17, 15) is 35.5 Å². The van der Waals surface area contributed by atoms with Crippen LogP contribution in [0.1, 0.15) is 15.9 Å². The number of esters is 1. The van der Waals surface area contributed by atoms with E-state index in [4.69, 9.17) is 4.74 Å². The number of benzene rings is 4. The highest BCUT2D eigenvalue weighted by molar-refractivity contribution is 5.93. The molecule has 4 rings (SSSR count). The number of alkyl halides is 3. The molecule has 176 valence electrons. The van der Waals surface area contributed by atoms with Gasteiger partial charge in [0.2, 0.25) is 0 Å². The molecule has 9 heteroatoms. The van der Waals surface area contributed by atoms with Crippen LogP contribution in [0.3, 0.4) is 0 Å². The molecule has 35 heavy (non-hydrogen) atoms. The summed E-state index contributed by atoms with van der Waals surface area (Å²) >= 11 is 0. The smallest absolute Gasteiger partial charge is 0.423 e. The van der Waals surface area contributed by atoms with Gasteiger partial charge in [-0.2, -0.15) is 13.2 Å². The highest BCUT2D eigenvalue weighted by atomic mass is 19.4. The lowest BCUT2D eigenvalue weighted by Gasteiger charge is -2.11. The van der Waals surface area contributed by atoms with Gasteiger partial charge in [-0.15, -0.1) is 0 Å². The van der Waals surface area contributed by atoms with Gasteiger partial charge in [0.1, 0.15) is 29.0 Å². The van der Waals surface area contributed by atoms with Gasteiger partial charge in [0.25, 0.3) is 0 Å². The Morgan fingerprint density at radius 2 is 1.46 bits per heavy atom. The maximum Gasteiger partial charge on any atom is 0.458 e. The van der Waals surface area contributed by atoms with Crippen LogP contribution >= 0.6 is 0 Å². The molecule has 0 aromatic heterocycles. The third-order valence-electron chi connectivity index (χ3n) is 4.88. The molecule has 0 fully saturated rings. The summed E-state index contributed by atoms with van der Waals surface area (Å²) in [4.78, 5) is 12.2. The second kappa shape index (κ2) is 9.14. The number of fused-ring (bicyclic) bond motifs is 1. The van der Waals surface area contributed by atoms with Crippen molar-refractivity contribution in [3.8, 4) is 28.7 Å². The predicted octanol–water partition coefficient (Wildman–Crippen LogP) is 7.20. The largest absolute Gasteiger partial charge is 0.458 e. The fraction of sp³-hybridized carbons (Fsp3) is 0.0385. The van der Waals surface area contributed by atoms with E-state index in [0.717, 1.165) is 36.3 Å². The molecule has 0 amide bonds. The van der Waals surface area contributed by atoms with Gasteiger partial charge in [-0.1, -0.05) is 36.3 Å². The van der Waals surface area contributed by atoms with Crippen molar-refractivity contribution in [2.75, 3.05) is 0 Å². The van der Waals surface area contributed by atoms with E-state index in [2.05, 4.69) is 0 Å². The van der Waals surface area contributed by atoms with Crippen LogP contribution in [-0.2, 0) is 0 Å². The second-order valence-corrected chi connectivity index (χ2v) is 7.25. The molecule has 0 radical (unpaired) electrons. The van der Waals surface area contributed by atoms with Crippen molar-refractivity contribution < 1.29 is 40.3 Å². The van der Waals surface area contributed by atoms with E-state index < -0.39 is 52.1 Å². The van der Waals surface area contributed by atoms with Gasteiger partial charge in [-0.25, -0.2) is 22.4 Å². The summed E-state index contributed by atoms with van der Waals surface area (Å²) in [6, 6.07) is 13.3. The Bertz CT molecular complexity index is 1490. The van der Waals surface area contributed by atoms with Crippen molar-refractivity contribution in [2.45, 2.75) is 6.18 Å². The van der Waals surface area contributed by atoms with E-state index in [-0.39, 0.29) is 22.1 Å². The minimum Gasteiger partial charge on any atom is -0.423 e. The minimum absolute atomic E-state index is 0.122. The van der Waals surface area contributed by atoms with Gasteiger partial charge < -0.3 is 4.74 Å². The topological polar surface area (TPSA) is 26.3 Å². The van der Waals surface area contributed by atoms with Crippen LogP contribution < -0.4 is 4.74 Å². The highest BCUT2D eigenvalue weighted by Crippen LogP contribution is 2.32. The molecular weight excluding hydrogens is 477 g/mol. The third kappa shape index (κ3) is 5.11. The summed E-state index contributed by atoms with van der Waals surface area (Å²) in [5, 5.41) is -0.466. The zero-order chi connectivity index (χ0) is 25.3. The van der Waals surface area contributed by atoms with Gasteiger partial charge in [-0.05, 0) is 47.3 Å². The van der Waals surface area contributed by atoms with Crippen LogP contribution in [0.25, 0.3) is 21.9 Å². The summed E-state index contributed by atoms with van der Waals surface area (Å²) in [6.45, 7) is 0. The molecule has 0 N–H and O–H groups in total. The standard InChI is InChI=1S/C26H11F7O2/c27-20-11-15-10-14(6-7-18(15)24(30)19(20)8-9-26(31,32)33)23-21(28)12-16(13-22(23)29)25(34)35-17-4-2-1-3-5-17/h1-7,10-13H. The molecule has 4 aromatic carbocycles. The lowest BCUT2D eigenvalue weighted by molar-refractivity contribution is -0.0696. The molecule has 2 nitrogen and oxygen atoms in total. The maximum atomic E-state index is 14.8. The maximum absolute atomic E-state index is 14.8. The molecule has 0 saturated heterocycles. The summed E-state index contributed by atoms with van der Waals surface area (Å²) in [6.07, 6.45) is -4.95. The van der Waals surface area contributed by atoms with Gasteiger partial charge in [0, 0.05) is 11.3 Å². The number of carbonyl (C=O) groups is 1. The first kappa shape index (κ1) is 23.8. The van der Waals surface area contributed by atoms with E-state index in [1.54, 1.807) is 18.2 Å². The van der Waals surface area contributed by atoms with Crippen molar-refractivity contribution in [1.29, 1.82) is 0 Å². The van der Waals surface area contributed by atoms with Crippen LogP contribution in [0.15, 0.2) is 66.7 Å². The van der Waals surface area contributed by atoms with Crippen LogP contribution in [0, 0.1) is 35.1 Å². The van der Waals surface area contributed by atoms with E-state index in [1.807, 2.05) is 0 Å². The molecule has 0 atom stereocenters. The Morgan fingerprint density at radius 1 is 0.800 bits per heavy atom. The molecule has 0 saturated carbocycles. The number of hydrogen-bond acceptors (Lipinski definition) is 2. The zero-order valence-electron chi connectivity index (χ0n) is 17.3. The Kier molecular flexibility index (Phi) is 6.22. The fourth-order valence-corrected chi connectivity index (χ4v) is 3.35. The summed E-state index contributed by atoms with van der Waals surface area (Å²) in [5.41, 5.74) is -2.19. The van der Waals surface area contributed by atoms with Crippen LogP contribution in [0.5, 0.6) is 5.75 Å². The second-order valence-electron chi connectivity index (χ2n) is 7.25. The van der Waals surface area contributed by atoms with Crippen molar-refractivity contribution in [3.05, 3.63) is 101 Å². The normalized spacial score (nSPS) is 11.2. The molecular formula is C26H11F7O2. The summed E-state index contributed by atoms with van der Waals surface area (Å²) < 4.78 is 100. The fourth-order valence-electron chi connectivity index (χ4n) is 3.35. The molecule has 4 aromatic rings. The van der Waals surface area contributed by atoms with Gasteiger partial charge in [-0.3, -0.25) is 0 Å². The predicted molar refractivity (Wildman–Crippen MR) is 114 cm³/mol. The van der Waals surface area contributed by atoms with Crippen LogP contribution in [0.4, 0.5) is 30.7 Å². The first-order chi connectivity index (χ1) is 16.5. The zero-order valence-corrected chi connectivity index (χ0v) is 17.3. The van der Waals surface area contributed by atoms with Crippen molar-refractivity contribution in [1.82, 2.24) is 0 Å². The Morgan fingerprint density at radius 3 is 2.09 bits per heavy atom. The van der Waals surface area contributed by atoms with Crippen molar-refractivity contribution in [2.24, 2.45) is 0 Å². The summed E-state index contributed by atoms with van der Waals surface area (Å²) in [7, 11) is 0. The Hall–Kier alpha value is -4.32. The molecule has 0 bridgehead atoms. The van der Waals surface area contributed by atoms with Gasteiger partial charge in [0.05, 0.1) is 16.7 Å². The van der Waals surface area contributed by atoms with Gasteiger partial charge in [0.15, 0.2) is 0 Å². The van der Waals surface area contributed by atoms with E-state index in [0.29, 0.717) is 6.07 Å². The van der Waals surface area contributed by atoms with Crippen molar-refractivity contribution >= 4 is 16.7 Å². The number of halogens is 7. The number of rotatable bonds is 3. The molecule has 0 spiro atoms. The Labute approximate surface area is 193 Å².